The number of nitrogens with one attached hydrogen (secondary N) is 1. The first-order chi connectivity index (χ1) is 15.1. The van der Waals surface area contributed by atoms with Gasteiger partial charge >= 0.3 is 5.97 Å². The zero-order valence-corrected chi connectivity index (χ0v) is 19.6. The highest BCUT2D eigenvalue weighted by Crippen LogP contribution is 2.44. The zero-order chi connectivity index (χ0) is 23.5. The quantitative estimate of drug-likeness (QED) is 0.263. The van der Waals surface area contributed by atoms with E-state index in [9.17, 15) is 19.7 Å². The second-order valence-corrected chi connectivity index (χ2v) is 10.0. The molecule has 1 aliphatic rings. The standard InChI is InChI=1S/C24H28N2O5S/c1-5-31-23(28)21-18-12-9-16(24(2,3)4)14-19(18)32-22(21)25-20(27)13-8-15-6-10-17(11-7-15)26(29)30/h6-8,10-11,13,16H,5,9,12,14H2,1-4H3,(H,25,27)/b13-8-/t16-/m0/s1. The van der Waals surface area contributed by atoms with Crippen LogP contribution in [0.25, 0.3) is 6.08 Å². The van der Waals surface area contributed by atoms with Crippen molar-refractivity contribution in [3.05, 3.63) is 62.0 Å². The fourth-order valence-electron chi connectivity index (χ4n) is 3.87. The van der Waals surface area contributed by atoms with Gasteiger partial charge in [0.1, 0.15) is 5.00 Å². The van der Waals surface area contributed by atoms with E-state index in [-0.39, 0.29) is 23.6 Å². The molecule has 0 saturated heterocycles. The van der Waals surface area contributed by atoms with Crippen LogP contribution < -0.4 is 5.32 Å². The number of anilines is 1. The van der Waals surface area contributed by atoms with Gasteiger partial charge in [0, 0.05) is 23.1 Å². The summed E-state index contributed by atoms with van der Waals surface area (Å²) in [6.07, 6.45) is 5.59. The van der Waals surface area contributed by atoms with Crippen LogP contribution >= 0.6 is 11.3 Å². The van der Waals surface area contributed by atoms with Gasteiger partial charge in [0.2, 0.25) is 5.91 Å². The van der Waals surface area contributed by atoms with Crippen LogP contribution in [-0.2, 0) is 22.4 Å². The maximum absolute atomic E-state index is 12.7. The molecule has 1 atom stereocenters. The highest BCUT2D eigenvalue weighted by atomic mass is 32.1. The second-order valence-electron chi connectivity index (χ2n) is 8.91. The Morgan fingerprint density at radius 3 is 2.56 bits per heavy atom. The van der Waals surface area contributed by atoms with Gasteiger partial charge in [-0.15, -0.1) is 11.3 Å². The SMILES string of the molecule is CCOC(=O)c1c(NC(=O)/C=C\c2ccc([N+](=O)[O-])cc2)sc2c1CC[C@H](C(C)(C)C)C2. The summed E-state index contributed by atoms with van der Waals surface area (Å²) >= 11 is 1.45. The maximum atomic E-state index is 12.7. The van der Waals surface area contributed by atoms with Gasteiger partial charge in [-0.1, -0.05) is 20.8 Å². The fraction of sp³-hybridized carbons (Fsp3) is 0.417. The number of esters is 1. The molecule has 1 N–H and O–H groups in total. The lowest BCUT2D eigenvalue weighted by Crippen LogP contribution is -2.26. The highest BCUT2D eigenvalue weighted by Gasteiger charge is 2.34. The summed E-state index contributed by atoms with van der Waals surface area (Å²) in [7, 11) is 0. The van der Waals surface area contributed by atoms with Gasteiger partial charge in [0.15, 0.2) is 0 Å². The van der Waals surface area contributed by atoms with Crippen LogP contribution in [0.4, 0.5) is 10.7 Å². The van der Waals surface area contributed by atoms with Crippen LogP contribution in [0.2, 0.25) is 0 Å². The third-order valence-electron chi connectivity index (χ3n) is 5.74. The monoisotopic (exact) mass is 456 g/mol. The Bertz CT molecular complexity index is 1050. The van der Waals surface area contributed by atoms with Gasteiger partial charge in [-0.2, -0.15) is 0 Å². The van der Waals surface area contributed by atoms with Gasteiger partial charge in [0.25, 0.3) is 5.69 Å². The summed E-state index contributed by atoms with van der Waals surface area (Å²) in [5.41, 5.74) is 2.28. The van der Waals surface area contributed by atoms with Gasteiger partial charge in [0.05, 0.1) is 17.1 Å². The normalized spacial score (nSPS) is 15.9. The van der Waals surface area contributed by atoms with Crippen molar-refractivity contribution in [3.8, 4) is 0 Å². The third kappa shape index (κ3) is 5.43. The van der Waals surface area contributed by atoms with E-state index < -0.39 is 10.9 Å². The number of amides is 1. The summed E-state index contributed by atoms with van der Waals surface area (Å²) in [5, 5.41) is 14.1. The molecule has 0 fully saturated rings. The number of hydrogen-bond donors (Lipinski definition) is 1. The molecule has 3 rings (SSSR count). The molecular formula is C24H28N2O5S. The van der Waals surface area contributed by atoms with Crippen LogP contribution in [0, 0.1) is 21.4 Å². The largest absolute Gasteiger partial charge is 0.462 e. The van der Waals surface area contributed by atoms with Crippen molar-refractivity contribution in [3.63, 3.8) is 0 Å². The Balaban J connectivity index is 1.81. The number of hydrogen-bond acceptors (Lipinski definition) is 6. The topological polar surface area (TPSA) is 98.5 Å². The lowest BCUT2D eigenvalue weighted by molar-refractivity contribution is -0.384. The average Bonchev–Trinajstić information content (AvgIpc) is 3.09. The van der Waals surface area contributed by atoms with Crippen molar-refractivity contribution >= 4 is 40.0 Å². The van der Waals surface area contributed by atoms with Crippen molar-refractivity contribution in [2.75, 3.05) is 11.9 Å². The lowest BCUT2D eigenvalue weighted by Gasteiger charge is -2.33. The maximum Gasteiger partial charge on any atom is 0.341 e. The van der Waals surface area contributed by atoms with E-state index >= 15 is 0 Å². The summed E-state index contributed by atoms with van der Waals surface area (Å²) in [6, 6.07) is 5.91. The molecule has 8 heteroatoms. The minimum absolute atomic E-state index is 0.0107. The molecule has 1 aromatic carbocycles. The molecule has 1 heterocycles. The smallest absolute Gasteiger partial charge is 0.341 e. The first-order valence-electron chi connectivity index (χ1n) is 10.6. The van der Waals surface area contributed by atoms with E-state index in [2.05, 4.69) is 26.1 Å². The van der Waals surface area contributed by atoms with E-state index in [4.69, 9.17) is 4.74 Å². The molecule has 0 radical (unpaired) electrons. The molecule has 0 spiro atoms. The molecule has 0 aliphatic heterocycles. The number of rotatable bonds is 6. The fourth-order valence-corrected chi connectivity index (χ4v) is 5.18. The Morgan fingerprint density at radius 1 is 1.28 bits per heavy atom. The lowest BCUT2D eigenvalue weighted by atomic mass is 9.72. The van der Waals surface area contributed by atoms with Crippen molar-refractivity contribution in [2.45, 2.75) is 47.0 Å². The first kappa shape index (κ1) is 23.7. The number of ether oxygens (including phenoxy) is 1. The van der Waals surface area contributed by atoms with Crippen molar-refractivity contribution in [2.24, 2.45) is 11.3 Å². The molecule has 0 unspecified atom stereocenters. The molecule has 0 saturated carbocycles. The van der Waals surface area contributed by atoms with Gasteiger partial charge in [-0.3, -0.25) is 14.9 Å². The van der Waals surface area contributed by atoms with Crippen LogP contribution in [0.1, 0.15) is 60.5 Å². The molecule has 1 amide bonds. The van der Waals surface area contributed by atoms with Crippen LogP contribution in [0.5, 0.6) is 0 Å². The van der Waals surface area contributed by atoms with Crippen LogP contribution in [-0.4, -0.2) is 23.4 Å². The summed E-state index contributed by atoms with van der Waals surface area (Å²) < 4.78 is 5.27. The van der Waals surface area contributed by atoms with Gasteiger partial charge < -0.3 is 10.1 Å². The van der Waals surface area contributed by atoms with E-state index in [0.717, 1.165) is 29.7 Å². The number of fused-ring (bicyclic) bond motifs is 1. The molecule has 7 nitrogen and oxygen atoms in total. The molecule has 2 aromatic rings. The Kier molecular flexibility index (Phi) is 7.13. The van der Waals surface area contributed by atoms with Gasteiger partial charge in [-0.05, 0) is 66.9 Å². The predicted octanol–water partition coefficient (Wildman–Crippen LogP) is 5.64. The number of carbonyl (C=O) groups excluding carboxylic acids is 2. The minimum Gasteiger partial charge on any atom is -0.462 e. The predicted molar refractivity (Wildman–Crippen MR) is 126 cm³/mol. The Hall–Kier alpha value is -3.00. The zero-order valence-electron chi connectivity index (χ0n) is 18.8. The second kappa shape index (κ2) is 9.65. The number of nitrogens with zero attached hydrogens (tertiary/aromatic N) is 1. The number of nitro benzene ring substituents is 1. The number of carbonyl (C=O) groups is 2. The Morgan fingerprint density at radius 2 is 1.97 bits per heavy atom. The highest BCUT2D eigenvalue weighted by molar-refractivity contribution is 7.17. The van der Waals surface area contributed by atoms with Crippen molar-refractivity contribution in [1.82, 2.24) is 0 Å². The molecule has 1 aliphatic carbocycles. The van der Waals surface area contributed by atoms with Gasteiger partial charge in [-0.25, -0.2) is 4.79 Å². The van der Waals surface area contributed by atoms with E-state index in [0.29, 0.717) is 22.0 Å². The van der Waals surface area contributed by atoms with Crippen molar-refractivity contribution in [1.29, 1.82) is 0 Å². The summed E-state index contributed by atoms with van der Waals surface area (Å²) in [5.74, 6) is -0.275. The van der Waals surface area contributed by atoms with Crippen molar-refractivity contribution < 1.29 is 19.2 Å². The summed E-state index contributed by atoms with van der Waals surface area (Å²) in [6.45, 7) is 8.72. The van der Waals surface area contributed by atoms with Crippen LogP contribution in [0.15, 0.2) is 30.3 Å². The molecule has 1 aromatic heterocycles. The number of benzene rings is 1. The molecule has 170 valence electrons. The van der Waals surface area contributed by atoms with E-state index in [1.807, 2.05) is 0 Å². The Labute approximate surface area is 191 Å². The minimum atomic E-state index is -0.472. The third-order valence-corrected chi connectivity index (χ3v) is 6.91. The van der Waals surface area contributed by atoms with E-state index in [1.165, 1.54) is 29.5 Å². The number of non-ortho nitro benzene ring substituents is 1. The molecule has 32 heavy (non-hydrogen) atoms. The first-order valence-corrected chi connectivity index (χ1v) is 11.5. The number of nitro groups is 1. The molecule has 0 bridgehead atoms. The number of thiophene rings is 1. The van der Waals surface area contributed by atoms with Crippen LogP contribution in [0.3, 0.4) is 0 Å². The van der Waals surface area contributed by atoms with E-state index in [1.54, 1.807) is 25.1 Å². The molecular weight excluding hydrogens is 428 g/mol. The summed E-state index contributed by atoms with van der Waals surface area (Å²) in [4.78, 5) is 36.7. The average molecular weight is 457 g/mol.